The summed E-state index contributed by atoms with van der Waals surface area (Å²) in [5, 5.41) is 8.63. The van der Waals surface area contributed by atoms with E-state index in [4.69, 9.17) is 10.8 Å². The van der Waals surface area contributed by atoms with Crippen LogP contribution in [0.15, 0.2) is 6.20 Å². The lowest BCUT2D eigenvalue weighted by molar-refractivity contribution is 0.0694. The topological polar surface area (TPSA) is 76.2 Å². The van der Waals surface area contributed by atoms with Crippen LogP contribution < -0.4 is 5.73 Å². The number of alkyl halides is 2. The number of aromatic nitrogens is 1. The summed E-state index contributed by atoms with van der Waals surface area (Å²) in [6.45, 7) is 0. The van der Waals surface area contributed by atoms with Crippen molar-refractivity contribution in [1.29, 1.82) is 0 Å². The molecule has 0 saturated heterocycles. The normalized spacial score (nSPS) is 10.6. The molecule has 1 rings (SSSR count). The number of anilines is 1. The summed E-state index contributed by atoms with van der Waals surface area (Å²) < 4.78 is 24.6. The van der Waals surface area contributed by atoms with Crippen molar-refractivity contribution in [2.45, 2.75) is 6.43 Å². The number of hydrogen-bond donors (Lipinski definition) is 2. The van der Waals surface area contributed by atoms with Crippen LogP contribution in [0.4, 0.5) is 14.5 Å². The molecule has 0 aromatic carbocycles. The summed E-state index contributed by atoms with van der Waals surface area (Å²) in [5.74, 6) is -1.24. The first-order valence-electron chi connectivity index (χ1n) is 3.40. The highest BCUT2D eigenvalue weighted by Gasteiger charge is 2.19. The first kappa shape index (κ1) is 11.1. The molecule has 1 aromatic rings. The lowest BCUT2D eigenvalue weighted by Gasteiger charge is -2.07. The van der Waals surface area contributed by atoms with E-state index in [9.17, 15) is 13.6 Å². The Balaban J connectivity index is 3.33. The molecule has 1 aromatic heterocycles. The van der Waals surface area contributed by atoms with Crippen LogP contribution in [0, 0.1) is 3.57 Å². The van der Waals surface area contributed by atoms with E-state index in [0.29, 0.717) is 0 Å². The molecule has 0 aliphatic carbocycles. The van der Waals surface area contributed by atoms with Crippen LogP contribution in [0.2, 0.25) is 0 Å². The van der Waals surface area contributed by atoms with E-state index in [1.165, 1.54) is 0 Å². The zero-order chi connectivity index (χ0) is 10.9. The SMILES string of the molecule is Nc1c(C(F)F)ncc(C(=O)O)c1I. The first-order valence-corrected chi connectivity index (χ1v) is 4.48. The number of hydrogen-bond acceptors (Lipinski definition) is 3. The minimum Gasteiger partial charge on any atom is -0.478 e. The number of carboxylic acids is 1. The maximum atomic E-state index is 12.2. The number of nitrogens with two attached hydrogens (primary N) is 1. The molecule has 0 spiro atoms. The van der Waals surface area contributed by atoms with Crippen LogP contribution in [0.3, 0.4) is 0 Å². The predicted molar refractivity (Wildman–Crippen MR) is 53.3 cm³/mol. The van der Waals surface area contributed by atoms with Gasteiger partial charge in [0.25, 0.3) is 6.43 Å². The fourth-order valence-electron chi connectivity index (χ4n) is 0.841. The average molecular weight is 314 g/mol. The monoisotopic (exact) mass is 314 g/mol. The Morgan fingerprint density at radius 2 is 2.21 bits per heavy atom. The van der Waals surface area contributed by atoms with Crippen LogP contribution in [0.5, 0.6) is 0 Å². The van der Waals surface area contributed by atoms with Gasteiger partial charge in [-0.3, -0.25) is 4.98 Å². The van der Waals surface area contributed by atoms with Crippen molar-refractivity contribution in [2.75, 3.05) is 5.73 Å². The molecule has 76 valence electrons. The average Bonchev–Trinajstić information content (AvgIpc) is 2.08. The van der Waals surface area contributed by atoms with E-state index in [-0.39, 0.29) is 14.8 Å². The largest absolute Gasteiger partial charge is 0.478 e. The molecule has 4 nitrogen and oxygen atoms in total. The quantitative estimate of drug-likeness (QED) is 0.818. The lowest BCUT2D eigenvalue weighted by Crippen LogP contribution is -2.08. The van der Waals surface area contributed by atoms with Gasteiger partial charge in [-0.1, -0.05) is 0 Å². The molecule has 7 heteroatoms. The van der Waals surface area contributed by atoms with E-state index in [1.54, 1.807) is 22.6 Å². The number of rotatable bonds is 2. The van der Waals surface area contributed by atoms with Crippen molar-refractivity contribution in [3.63, 3.8) is 0 Å². The molecular weight excluding hydrogens is 309 g/mol. The molecular formula is C7H5F2IN2O2. The van der Waals surface area contributed by atoms with Gasteiger partial charge in [0.05, 0.1) is 14.8 Å². The van der Waals surface area contributed by atoms with Crippen molar-refractivity contribution in [1.82, 2.24) is 4.98 Å². The van der Waals surface area contributed by atoms with Crippen LogP contribution >= 0.6 is 22.6 Å². The van der Waals surface area contributed by atoms with Crippen molar-refractivity contribution in [3.8, 4) is 0 Å². The first-order chi connectivity index (χ1) is 6.45. The fourth-order valence-corrected chi connectivity index (χ4v) is 1.49. The van der Waals surface area contributed by atoms with E-state index < -0.39 is 18.1 Å². The number of aromatic carboxylic acids is 1. The van der Waals surface area contributed by atoms with Gasteiger partial charge in [0.2, 0.25) is 0 Å². The smallest absolute Gasteiger partial charge is 0.338 e. The molecule has 0 fully saturated rings. The maximum absolute atomic E-state index is 12.2. The molecule has 0 amide bonds. The highest BCUT2D eigenvalue weighted by molar-refractivity contribution is 14.1. The van der Waals surface area contributed by atoms with Gasteiger partial charge < -0.3 is 10.8 Å². The van der Waals surface area contributed by atoms with E-state index in [2.05, 4.69) is 4.98 Å². The van der Waals surface area contributed by atoms with E-state index >= 15 is 0 Å². The Morgan fingerprint density at radius 3 is 2.64 bits per heavy atom. The van der Waals surface area contributed by atoms with Gasteiger partial charge in [0, 0.05) is 6.20 Å². The molecule has 0 atom stereocenters. The number of nitrogens with zero attached hydrogens (tertiary/aromatic N) is 1. The van der Waals surface area contributed by atoms with Gasteiger partial charge in [-0.25, -0.2) is 13.6 Å². The Bertz CT molecular complexity index is 384. The highest BCUT2D eigenvalue weighted by Crippen LogP contribution is 2.28. The molecule has 0 aliphatic rings. The third-order valence-corrected chi connectivity index (χ3v) is 2.68. The number of carbonyl (C=O) groups is 1. The molecule has 0 radical (unpaired) electrons. The number of halogens is 3. The Hall–Kier alpha value is -0.990. The van der Waals surface area contributed by atoms with Gasteiger partial charge in [-0.15, -0.1) is 0 Å². The number of nitrogen functional groups attached to an aromatic ring is 1. The van der Waals surface area contributed by atoms with Crippen LogP contribution in [-0.4, -0.2) is 16.1 Å². The van der Waals surface area contributed by atoms with Crippen molar-refractivity contribution in [3.05, 3.63) is 21.0 Å². The van der Waals surface area contributed by atoms with Crippen molar-refractivity contribution >= 4 is 34.2 Å². The second kappa shape index (κ2) is 4.03. The molecule has 3 N–H and O–H groups in total. The van der Waals surface area contributed by atoms with Gasteiger partial charge >= 0.3 is 5.97 Å². The van der Waals surface area contributed by atoms with E-state index in [0.717, 1.165) is 6.20 Å². The minimum absolute atomic E-state index is 0.0837. The summed E-state index contributed by atoms with van der Waals surface area (Å²) in [6, 6.07) is 0. The molecule has 1 heterocycles. The zero-order valence-electron chi connectivity index (χ0n) is 6.67. The summed E-state index contributed by atoms with van der Waals surface area (Å²) in [5.41, 5.74) is 4.27. The molecule has 0 unspecified atom stereocenters. The number of pyridine rings is 1. The molecule has 0 bridgehead atoms. The van der Waals surface area contributed by atoms with Gasteiger partial charge in [0.1, 0.15) is 5.69 Å². The minimum atomic E-state index is -2.80. The van der Waals surface area contributed by atoms with Gasteiger partial charge in [0.15, 0.2) is 0 Å². The van der Waals surface area contributed by atoms with Crippen molar-refractivity contribution < 1.29 is 18.7 Å². The third kappa shape index (κ3) is 1.91. The standard InChI is InChI=1S/C7H5F2IN2O2/c8-6(9)5-4(11)3(10)2(1-12-5)7(13)14/h1,6H,11H2,(H,13,14). The third-order valence-electron chi connectivity index (χ3n) is 1.52. The predicted octanol–water partition coefficient (Wildman–Crippen LogP) is 1.90. The van der Waals surface area contributed by atoms with Gasteiger partial charge in [-0.2, -0.15) is 0 Å². The van der Waals surface area contributed by atoms with Crippen molar-refractivity contribution in [2.24, 2.45) is 0 Å². The highest BCUT2D eigenvalue weighted by atomic mass is 127. The molecule has 14 heavy (non-hydrogen) atoms. The second-order valence-corrected chi connectivity index (χ2v) is 3.47. The second-order valence-electron chi connectivity index (χ2n) is 2.39. The summed E-state index contributed by atoms with van der Waals surface area (Å²) in [7, 11) is 0. The van der Waals surface area contributed by atoms with E-state index in [1.807, 2.05) is 0 Å². The number of carboxylic acid groups (broad SMARTS) is 1. The summed E-state index contributed by atoms with van der Waals surface area (Å²) in [4.78, 5) is 13.9. The summed E-state index contributed by atoms with van der Waals surface area (Å²) in [6.07, 6.45) is -1.92. The Labute approximate surface area is 91.3 Å². The molecule has 0 saturated carbocycles. The Kier molecular flexibility index (Phi) is 3.19. The Morgan fingerprint density at radius 1 is 1.64 bits per heavy atom. The van der Waals surface area contributed by atoms with Crippen LogP contribution in [0.1, 0.15) is 22.5 Å². The summed E-state index contributed by atoms with van der Waals surface area (Å²) >= 11 is 1.60. The van der Waals surface area contributed by atoms with Gasteiger partial charge in [-0.05, 0) is 22.6 Å². The zero-order valence-corrected chi connectivity index (χ0v) is 8.83. The maximum Gasteiger partial charge on any atom is 0.338 e. The van der Waals surface area contributed by atoms with Crippen LogP contribution in [-0.2, 0) is 0 Å². The fraction of sp³-hybridized carbons (Fsp3) is 0.143. The lowest BCUT2D eigenvalue weighted by atomic mass is 10.2. The molecule has 0 aliphatic heterocycles. The van der Waals surface area contributed by atoms with Crippen LogP contribution in [0.25, 0.3) is 0 Å².